The van der Waals surface area contributed by atoms with E-state index in [0.717, 1.165) is 16.7 Å². The number of ether oxygens (including phenoxy) is 1. The highest BCUT2D eigenvalue weighted by Gasteiger charge is 2.26. The smallest absolute Gasteiger partial charge is 0.335 e. The van der Waals surface area contributed by atoms with Crippen molar-refractivity contribution in [1.29, 1.82) is 0 Å². The number of carboxylic acids is 1. The van der Waals surface area contributed by atoms with Gasteiger partial charge in [-0.05, 0) is 66.6 Å². The monoisotopic (exact) mass is 382 g/mol. The van der Waals surface area contributed by atoms with Gasteiger partial charge in [-0.1, -0.05) is 18.2 Å². The fourth-order valence-corrected chi connectivity index (χ4v) is 3.48. The van der Waals surface area contributed by atoms with Crippen molar-refractivity contribution in [2.75, 3.05) is 7.11 Å². The molecule has 6 nitrogen and oxygen atoms in total. The van der Waals surface area contributed by atoms with E-state index < -0.39 is 5.97 Å². The molecule has 2 aromatic carbocycles. The van der Waals surface area contributed by atoms with Crippen LogP contribution < -0.4 is 10.1 Å². The van der Waals surface area contributed by atoms with Crippen molar-refractivity contribution in [3.63, 3.8) is 0 Å². The van der Waals surface area contributed by atoms with E-state index in [1.54, 1.807) is 13.2 Å². The van der Waals surface area contributed by atoms with Gasteiger partial charge >= 0.3 is 5.97 Å². The van der Waals surface area contributed by atoms with E-state index in [0.29, 0.717) is 21.5 Å². The number of amidine groups is 1. The number of nitrogens with one attached hydrogen (secondary N) is 1. The Morgan fingerprint density at radius 2 is 1.96 bits per heavy atom. The molecular weight excluding hydrogens is 364 g/mol. The molecule has 2 aromatic rings. The summed E-state index contributed by atoms with van der Waals surface area (Å²) in [6.07, 6.45) is 0. The van der Waals surface area contributed by atoms with Crippen LogP contribution in [0.5, 0.6) is 5.75 Å². The van der Waals surface area contributed by atoms with Crippen LogP contribution >= 0.6 is 11.8 Å². The highest BCUT2D eigenvalue weighted by atomic mass is 32.2. The molecule has 138 valence electrons. The van der Waals surface area contributed by atoms with Crippen LogP contribution in [0.3, 0.4) is 0 Å². The normalized spacial score (nSPS) is 17.0. The molecule has 0 saturated carbocycles. The van der Waals surface area contributed by atoms with Crippen molar-refractivity contribution in [3.8, 4) is 5.75 Å². The summed E-state index contributed by atoms with van der Waals surface area (Å²) >= 11 is 1.23. The van der Waals surface area contributed by atoms with Gasteiger partial charge in [0.1, 0.15) is 5.75 Å². The minimum absolute atomic E-state index is 0.151. The highest BCUT2D eigenvalue weighted by Crippen LogP contribution is 2.34. The number of carboxylic acid groups (broad SMARTS) is 1. The van der Waals surface area contributed by atoms with E-state index in [-0.39, 0.29) is 11.5 Å². The van der Waals surface area contributed by atoms with Crippen molar-refractivity contribution in [2.24, 2.45) is 4.99 Å². The first-order valence-corrected chi connectivity index (χ1v) is 8.98. The van der Waals surface area contributed by atoms with Crippen LogP contribution in [-0.4, -0.2) is 29.3 Å². The van der Waals surface area contributed by atoms with Gasteiger partial charge in [0.15, 0.2) is 5.17 Å². The van der Waals surface area contributed by atoms with Gasteiger partial charge in [0, 0.05) is 0 Å². The molecule has 27 heavy (non-hydrogen) atoms. The minimum Gasteiger partial charge on any atom is -0.497 e. The summed E-state index contributed by atoms with van der Waals surface area (Å²) < 4.78 is 5.24. The number of methoxy groups -OCH3 is 1. The molecule has 1 heterocycles. The molecule has 2 N–H and O–H groups in total. The fraction of sp³-hybridized carbons (Fsp3) is 0.150. The van der Waals surface area contributed by atoms with Crippen LogP contribution in [0, 0.1) is 6.92 Å². The lowest BCUT2D eigenvalue weighted by molar-refractivity contribution is -0.115. The Balaban J connectivity index is 1.94. The van der Waals surface area contributed by atoms with Crippen molar-refractivity contribution in [3.05, 3.63) is 64.1 Å². The molecule has 1 saturated heterocycles. The molecule has 3 rings (SSSR count). The summed E-state index contributed by atoms with van der Waals surface area (Å²) in [5.74, 6) is -0.536. The number of aryl methyl sites for hydroxylation is 1. The van der Waals surface area contributed by atoms with Gasteiger partial charge in [0.25, 0.3) is 5.91 Å². The zero-order chi connectivity index (χ0) is 19.6. The van der Waals surface area contributed by atoms with Crippen LogP contribution in [0.1, 0.15) is 28.4 Å². The topological polar surface area (TPSA) is 88.0 Å². The van der Waals surface area contributed by atoms with Gasteiger partial charge < -0.3 is 15.2 Å². The van der Waals surface area contributed by atoms with Crippen LogP contribution in [-0.2, 0) is 4.79 Å². The SMILES string of the molecule is COc1cccc(/C(C)=C2\SC(=Nc3cc(C(=O)O)ccc3C)NC2=O)c1. The number of hydrogen-bond acceptors (Lipinski definition) is 5. The average Bonchev–Trinajstić information content (AvgIpc) is 3.03. The maximum absolute atomic E-state index is 12.4. The fourth-order valence-electron chi connectivity index (χ4n) is 2.58. The molecule has 1 amide bonds. The molecule has 7 heteroatoms. The Morgan fingerprint density at radius 3 is 2.67 bits per heavy atom. The minimum atomic E-state index is -1.02. The Kier molecular flexibility index (Phi) is 5.32. The summed E-state index contributed by atoms with van der Waals surface area (Å²) in [6, 6.07) is 12.2. The Morgan fingerprint density at radius 1 is 1.19 bits per heavy atom. The molecule has 0 bridgehead atoms. The number of amides is 1. The maximum atomic E-state index is 12.4. The number of nitrogens with zero attached hydrogens (tertiary/aromatic N) is 1. The summed E-state index contributed by atoms with van der Waals surface area (Å²) in [6.45, 7) is 3.71. The molecule has 0 unspecified atom stereocenters. The van der Waals surface area contributed by atoms with Crippen LogP contribution in [0.4, 0.5) is 5.69 Å². The first-order chi connectivity index (χ1) is 12.9. The van der Waals surface area contributed by atoms with E-state index in [9.17, 15) is 9.59 Å². The third-order valence-electron chi connectivity index (χ3n) is 4.15. The first-order valence-electron chi connectivity index (χ1n) is 8.16. The number of hydrogen-bond donors (Lipinski definition) is 2. The number of allylic oxidation sites excluding steroid dienone is 1. The van der Waals surface area contributed by atoms with E-state index in [4.69, 9.17) is 9.84 Å². The van der Waals surface area contributed by atoms with Crippen molar-refractivity contribution < 1.29 is 19.4 Å². The molecule has 1 fully saturated rings. The summed E-state index contributed by atoms with van der Waals surface area (Å²) in [5.41, 5.74) is 3.19. The second-order valence-electron chi connectivity index (χ2n) is 5.97. The average molecular weight is 382 g/mol. The number of benzene rings is 2. The zero-order valence-corrected chi connectivity index (χ0v) is 15.9. The second-order valence-corrected chi connectivity index (χ2v) is 6.96. The quantitative estimate of drug-likeness (QED) is 0.781. The third kappa shape index (κ3) is 4.03. The van der Waals surface area contributed by atoms with Gasteiger partial charge in [0.2, 0.25) is 0 Å². The lowest BCUT2D eigenvalue weighted by atomic mass is 10.1. The van der Waals surface area contributed by atoms with Crippen LogP contribution in [0.25, 0.3) is 5.57 Å². The van der Waals surface area contributed by atoms with Crippen LogP contribution in [0.15, 0.2) is 52.4 Å². The number of thioether (sulfide) groups is 1. The Bertz CT molecular complexity index is 995. The van der Waals surface area contributed by atoms with E-state index in [1.165, 1.54) is 23.9 Å². The summed E-state index contributed by atoms with van der Waals surface area (Å²) in [5, 5.41) is 12.3. The molecule has 1 aliphatic rings. The Hall–Kier alpha value is -3.06. The van der Waals surface area contributed by atoms with Gasteiger partial charge in [-0.15, -0.1) is 0 Å². The van der Waals surface area contributed by atoms with Gasteiger partial charge in [-0.25, -0.2) is 9.79 Å². The molecule has 0 radical (unpaired) electrons. The van der Waals surface area contributed by atoms with Gasteiger partial charge in [-0.2, -0.15) is 0 Å². The third-order valence-corrected chi connectivity index (χ3v) is 5.23. The van der Waals surface area contributed by atoms with Crippen LogP contribution in [0.2, 0.25) is 0 Å². The van der Waals surface area contributed by atoms with E-state index in [2.05, 4.69) is 10.3 Å². The predicted octanol–water partition coefficient (Wildman–Crippen LogP) is 3.98. The maximum Gasteiger partial charge on any atom is 0.335 e. The molecule has 0 spiro atoms. The van der Waals surface area contributed by atoms with Crippen molar-refractivity contribution in [1.82, 2.24) is 5.32 Å². The van der Waals surface area contributed by atoms with E-state index >= 15 is 0 Å². The molecule has 0 aromatic heterocycles. The number of rotatable bonds is 4. The largest absolute Gasteiger partial charge is 0.497 e. The van der Waals surface area contributed by atoms with E-state index in [1.807, 2.05) is 38.1 Å². The van der Waals surface area contributed by atoms with Crippen molar-refractivity contribution in [2.45, 2.75) is 13.8 Å². The highest BCUT2D eigenvalue weighted by molar-refractivity contribution is 8.18. The molecule has 0 aliphatic carbocycles. The summed E-state index contributed by atoms with van der Waals surface area (Å²) in [4.78, 5) is 28.6. The molecular formula is C20H18N2O4S. The van der Waals surface area contributed by atoms with Crippen molar-refractivity contribution >= 4 is 40.1 Å². The zero-order valence-electron chi connectivity index (χ0n) is 15.1. The Labute approximate surface area is 161 Å². The molecule has 0 atom stereocenters. The van der Waals surface area contributed by atoms with Gasteiger partial charge in [0.05, 0.1) is 23.3 Å². The standard InChI is InChI=1S/C20H18N2O4S/c1-11-7-8-14(19(24)25)10-16(11)21-20-22-18(23)17(27-20)12(2)13-5-4-6-15(9-13)26-3/h4-10H,1-3H3,(H,24,25)(H,21,22,23)/b17-12-. The number of carbonyl (C=O) groups excluding carboxylic acids is 1. The summed E-state index contributed by atoms with van der Waals surface area (Å²) in [7, 11) is 1.59. The molecule has 1 aliphatic heterocycles. The number of aliphatic imine (C=N–C) groups is 1. The second kappa shape index (κ2) is 7.67. The lowest BCUT2D eigenvalue weighted by Gasteiger charge is -2.06. The first kappa shape index (κ1) is 18.7. The van der Waals surface area contributed by atoms with Gasteiger partial charge in [-0.3, -0.25) is 4.79 Å². The number of aromatic carboxylic acids is 1. The number of carbonyl (C=O) groups is 2. The predicted molar refractivity (Wildman–Crippen MR) is 107 cm³/mol. The lowest BCUT2D eigenvalue weighted by Crippen LogP contribution is -2.19.